The number of phosphoric ester groups is 2. The first kappa shape index (κ1) is 93.5. The Kier molecular flexibility index (Phi) is 67.6. The number of carbonyl (C=O) groups is 4. The van der Waals surface area contributed by atoms with Gasteiger partial charge in [-0.15, -0.1) is 0 Å². The molecule has 17 nitrogen and oxygen atoms in total. The van der Waals surface area contributed by atoms with Gasteiger partial charge in [0, 0.05) is 25.7 Å². The minimum atomic E-state index is -4.98. The van der Waals surface area contributed by atoms with Gasteiger partial charge in [-0.05, 0) is 148 Å². The molecule has 0 spiro atoms. The van der Waals surface area contributed by atoms with Crippen LogP contribution in [0.1, 0.15) is 297 Å². The monoisotopic (exact) mass is 1420 g/mol. The molecule has 0 saturated heterocycles. The van der Waals surface area contributed by atoms with Crippen molar-refractivity contribution in [1.29, 1.82) is 0 Å². The van der Waals surface area contributed by atoms with Gasteiger partial charge >= 0.3 is 39.5 Å². The number of aliphatic hydroxyl groups excluding tert-OH is 1. The summed E-state index contributed by atoms with van der Waals surface area (Å²) in [4.78, 5) is 72.8. The van der Waals surface area contributed by atoms with Gasteiger partial charge in [-0.3, -0.25) is 37.3 Å². The van der Waals surface area contributed by atoms with Crippen molar-refractivity contribution in [1.82, 2.24) is 0 Å². The van der Waals surface area contributed by atoms with E-state index in [1.165, 1.54) is 38.5 Å². The molecule has 0 radical (unpaired) electrons. The van der Waals surface area contributed by atoms with Crippen LogP contribution in [0.2, 0.25) is 0 Å². The molecule has 5 atom stereocenters. The average molecular weight is 1420 g/mol. The van der Waals surface area contributed by atoms with Crippen LogP contribution in [-0.4, -0.2) is 96.7 Å². The minimum Gasteiger partial charge on any atom is -0.462 e. The molecule has 0 aliphatic rings. The zero-order valence-electron chi connectivity index (χ0n) is 61.2. The number of ether oxygens (including phenoxy) is 4. The van der Waals surface area contributed by atoms with Crippen LogP contribution in [-0.2, 0) is 65.4 Å². The summed E-state index contributed by atoms with van der Waals surface area (Å²) in [6.45, 7) is 4.51. The van der Waals surface area contributed by atoms with Gasteiger partial charge in [-0.1, -0.05) is 246 Å². The zero-order chi connectivity index (χ0) is 71.8. The van der Waals surface area contributed by atoms with E-state index in [0.717, 1.165) is 180 Å². The lowest BCUT2D eigenvalue weighted by Crippen LogP contribution is -2.30. The molecule has 19 heteroatoms. The molecule has 0 aromatic heterocycles. The largest absolute Gasteiger partial charge is 0.472 e. The number of unbranched alkanes of at least 4 members (excludes halogenated alkanes) is 24. The summed E-state index contributed by atoms with van der Waals surface area (Å²) >= 11 is 0. The maximum Gasteiger partial charge on any atom is 0.472 e. The van der Waals surface area contributed by atoms with Crippen LogP contribution in [0.4, 0.5) is 0 Å². The summed E-state index contributed by atoms with van der Waals surface area (Å²) in [5.41, 5.74) is 0. The summed E-state index contributed by atoms with van der Waals surface area (Å²) in [6.07, 6.45) is 76.2. The number of phosphoric acid groups is 2. The quantitative estimate of drug-likeness (QED) is 0.0169. The third kappa shape index (κ3) is 69.9. The highest BCUT2D eigenvalue weighted by molar-refractivity contribution is 7.47. The second-order valence-electron chi connectivity index (χ2n) is 24.8. The van der Waals surface area contributed by atoms with Crippen molar-refractivity contribution in [2.75, 3.05) is 39.6 Å². The highest BCUT2D eigenvalue weighted by Crippen LogP contribution is 2.45. The van der Waals surface area contributed by atoms with Gasteiger partial charge in [0.1, 0.15) is 19.3 Å². The first-order valence-electron chi connectivity index (χ1n) is 37.8. The van der Waals surface area contributed by atoms with Crippen LogP contribution in [0.25, 0.3) is 0 Å². The third-order valence-electron chi connectivity index (χ3n) is 15.4. The Labute approximate surface area is 593 Å². The maximum absolute atomic E-state index is 13.1. The lowest BCUT2D eigenvalue weighted by atomic mass is 10.1. The lowest BCUT2D eigenvalue weighted by Gasteiger charge is -2.21. The van der Waals surface area contributed by atoms with Crippen molar-refractivity contribution >= 4 is 39.5 Å². The molecule has 0 aliphatic carbocycles. The molecule has 3 N–H and O–H groups in total. The van der Waals surface area contributed by atoms with Crippen LogP contribution < -0.4 is 0 Å². The van der Waals surface area contributed by atoms with E-state index in [-0.39, 0.29) is 25.7 Å². The summed E-state index contributed by atoms with van der Waals surface area (Å²) in [6, 6.07) is 0. The Morgan fingerprint density at radius 2 is 0.541 bits per heavy atom. The Balaban J connectivity index is 5.36. The van der Waals surface area contributed by atoms with E-state index >= 15 is 0 Å². The fraction of sp³-hybridized carbons (Fsp3) is 0.696. The number of rotatable bonds is 70. The van der Waals surface area contributed by atoms with Gasteiger partial charge in [0.05, 0.1) is 26.4 Å². The van der Waals surface area contributed by atoms with Gasteiger partial charge in [0.25, 0.3) is 0 Å². The third-order valence-corrected chi connectivity index (χ3v) is 17.3. The fourth-order valence-corrected chi connectivity index (χ4v) is 11.2. The molecule has 562 valence electrons. The van der Waals surface area contributed by atoms with Crippen LogP contribution in [0.5, 0.6) is 0 Å². The molecule has 0 aliphatic heterocycles. The minimum absolute atomic E-state index is 0.0762. The Hall–Kier alpha value is -4.54. The van der Waals surface area contributed by atoms with Crippen molar-refractivity contribution in [3.8, 4) is 0 Å². The van der Waals surface area contributed by atoms with Gasteiger partial charge in [0.2, 0.25) is 0 Å². The number of carbonyl (C=O) groups excluding carboxylic acids is 4. The summed E-state index contributed by atoms with van der Waals surface area (Å²) < 4.78 is 68.4. The molecule has 0 saturated carbocycles. The van der Waals surface area contributed by atoms with E-state index in [2.05, 4.69) is 149 Å². The highest BCUT2D eigenvalue weighted by atomic mass is 31.2. The molecular formula is C79H134O17P2. The lowest BCUT2D eigenvalue weighted by molar-refractivity contribution is -0.161. The fourth-order valence-electron chi connectivity index (χ4n) is 9.65. The molecule has 0 bridgehead atoms. The first-order chi connectivity index (χ1) is 47.7. The van der Waals surface area contributed by atoms with Gasteiger partial charge < -0.3 is 33.8 Å². The Morgan fingerprint density at radius 3 is 0.857 bits per heavy atom. The topological polar surface area (TPSA) is 237 Å². The Bertz CT molecular complexity index is 2340. The summed E-state index contributed by atoms with van der Waals surface area (Å²) in [5.74, 6) is -2.25. The number of esters is 4. The number of hydrogen-bond acceptors (Lipinski definition) is 15. The van der Waals surface area contributed by atoms with Crippen LogP contribution in [0, 0.1) is 0 Å². The number of allylic oxidation sites excluding steroid dienone is 20. The second-order valence-corrected chi connectivity index (χ2v) is 27.7. The predicted molar refractivity (Wildman–Crippen MR) is 399 cm³/mol. The summed E-state index contributed by atoms with van der Waals surface area (Å²) in [5, 5.41) is 10.6. The predicted octanol–water partition coefficient (Wildman–Crippen LogP) is 21.6. The van der Waals surface area contributed by atoms with E-state index < -0.39 is 97.5 Å². The van der Waals surface area contributed by atoms with Crippen molar-refractivity contribution in [3.63, 3.8) is 0 Å². The zero-order valence-corrected chi connectivity index (χ0v) is 63.0. The van der Waals surface area contributed by atoms with Crippen LogP contribution >= 0.6 is 15.6 Å². The molecule has 0 aromatic rings. The molecule has 0 heterocycles. The molecular weight excluding hydrogens is 1280 g/mol. The van der Waals surface area contributed by atoms with Crippen molar-refractivity contribution in [3.05, 3.63) is 122 Å². The van der Waals surface area contributed by atoms with E-state index in [9.17, 15) is 43.2 Å². The highest BCUT2D eigenvalue weighted by Gasteiger charge is 2.30. The SMILES string of the molecule is CC/C=C\C/C=C\C/C=C\C/C=C\CCCCCCC(=O)OCC(COP(=O)(O)OCC(O)COP(=O)(O)OCC(COC(=O)CCCCCC/C=C\C/C=C\C/C=C\C/C=C\CC)OC(=O)CCCCCCC/C=C\CCCCCC)OC(=O)CCCCCCC/C=C\CCCC. The standard InChI is InChI=1S/C79H134O17P2/c1-5-9-13-17-21-25-29-32-34-36-38-41-44-47-51-55-59-63-76(81)89-69-74(95-78(83)65-61-57-53-49-43-28-24-20-16-12-8-4)71-93-97(85,86)91-67-73(80)68-92-98(87,88)94-72-75(96-79(84)66-62-58-54-50-46-40-31-27-23-19-15-11-7-3)70-90-77(82)64-60-56-52-48-45-42-39-37-35-33-30-26-22-18-14-10-6-2/h9-10,13-14,20-22,24-27,31-35,38-39,41-42,73-75,80H,5-8,11-12,15-19,23,28-30,36-37,40,43-72H2,1-4H3,(H,85,86)(H,87,88)/b13-9-,14-10-,24-20-,25-21-,26-22-,31-27-,34-32-,35-33-,41-38-,42-39-. The Morgan fingerprint density at radius 1 is 0.296 bits per heavy atom. The van der Waals surface area contributed by atoms with E-state index in [0.29, 0.717) is 25.7 Å². The number of aliphatic hydroxyl groups is 1. The van der Waals surface area contributed by atoms with Crippen LogP contribution in [0.15, 0.2) is 122 Å². The van der Waals surface area contributed by atoms with Crippen molar-refractivity contribution in [2.45, 2.75) is 316 Å². The maximum atomic E-state index is 13.1. The van der Waals surface area contributed by atoms with Gasteiger partial charge in [0.15, 0.2) is 12.2 Å². The van der Waals surface area contributed by atoms with Gasteiger partial charge in [-0.2, -0.15) is 0 Å². The molecule has 5 unspecified atom stereocenters. The van der Waals surface area contributed by atoms with Crippen LogP contribution in [0.3, 0.4) is 0 Å². The summed E-state index contributed by atoms with van der Waals surface area (Å²) in [7, 11) is -9.96. The normalized spacial score (nSPS) is 14.6. The van der Waals surface area contributed by atoms with E-state index in [1.54, 1.807) is 0 Å². The smallest absolute Gasteiger partial charge is 0.462 e. The second kappa shape index (κ2) is 70.9. The first-order valence-corrected chi connectivity index (χ1v) is 40.8. The van der Waals surface area contributed by atoms with E-state index in [4.69, 9.17) is 37.0 Å². The van der Waals surface area contributed by atoms with Crippen molar-refractivity contribution < 1.29 is 80.2 Å². The molecule has 0 fully saturated rings. The van der Waals surface area contributed by atoms with E-state index in [1.807, 2.05) is 0 Å². The van der Waals surface area contributed by atoms with Crippen molar-refractivity contribution in [2.24, 2.45) is 0 Å². The molecule has 0 aromatic carbocycles. The van der Waals surface area contributed by atoms with Gasteiger partial charge in [-0.25, -0.2) is 9.13 Å². The molecule has 98 heavy (non-hydrogen) atoms. The molecule has 0 rings (SSSR count). The molecule has 0 amide bonds. The number of hydrogen-bond donors (Lipinski definition) is 3. The average Bonchev–Trinajstić information content (AvgIpc) is 0.985.